The van der Waals surface area contributed by atoms with Crippen molar-refractivity contribution < 1.29 is 19.1 Å². The summed E-state index contributed by atoms with van der Waals surface area (Å²) in [4.78, 5) is 42.8. The summed E-state index contributed by atoms with van der Waals surface area (Å²) in [6.07, 6.45) is 1.43. The van der Waals surface area contributed by atoms with Crippen molar-refractivity contribution in [1.82, 2.24) is 5.32 Å². The minimum Gasteiger partial charge on any atom is -0.494 e. The summed E-state index contributed by atoms with van der Waals surface area (Å²) >= 11 is 0. The predicted molar refractivity (Wildman–Crippen MR) is 106 cm³/mol. The molecular formula is C21H21N3O4. The number of ether oxygens (including phenoxy) is 1. The first-order chi connectivity index (χ1) is 13.6. The molecule has 0 unspecified atom stereocenters. The number of carbonyl (C=O) groups excluding carboxylic acids is 3. The first-order valence-corrected chi connectivity index (χ1v) is 8.97. The third-order valence-electron chi connectivity index (χ3n) is 4.39. The van der Waals surface area contributed by atoms with Gasteiger partial charge in [-0.3, -0.25) is 19.4 Å². The lowest BCUT2D eigenvalue weighted by atomic mass is 9.89. The molecule has 7 nitrogen and oxygen atoms in total. The second kappa shape index (κ2) is 8.47. The molecule has 7 heteroatoms. The number of hydrogen-bond acceptors (Lipinski definition) is 5. The van der Waals surface area contributed by atoms with Gasteiger partial charge >= 0.3 is 0 Å². The molecule has 1 N–H and O–H groups in total. The Bertz CT molecular complexity index is 922. The lowest BCUT2D eigenvalue weighted by molar-refractivity contribution is -0.119. The highest BCUT2D eigenvalue weighted by Gasteiger charge is 2.38. The van der Waals surface area contributed by atoms with E-state index in [9.17, 15) is 14.4 Å². The third-order valence-corrected chi connectivity index (χ3v) is 4.39. The Morgan fingerprint density at radius 1 is 1.18 bits per heavy atom. The van der Waals surface area contributed by atoms with E-state index in [1.165, 1.54) is 13.3 Å². The van der Waals surface area contributed by atoms with Crippen molar-refractivity contribution >= 4 is 29.6 Å². The summed E-state index contributed by atoms with van der Waals surface area (Å²) in [6.45, 7) is 2.32. The lowest BCUT2D eigenvalue weighted by Gasteiger charge is -2.31. The number of fused-ring (bicyclic) bond motifs is 1. The van der Waals surface area contributed by atoms with Crippen LogP contribution in [0.25, 0.3) is 0 Å². The molecule has 2 aromatic carbocycles. The molecule has 0 fully saturated rings. The first kappa shape index (κ1) is 19.3. The molecule has 3 rings (SSSR count). The molecule has 144 valence electrons. The summed E-state index contributed by atoms with van der Waals surface area (Å²) in [7, 11) is 1.52. The van der Waals surface area contributed by atoms with Crippen LogP contribution in [-0.4, -0.2) is 44.1 Å². The Kier molecular flexibility index (Phi) is 5.84. The molecule has 2 aromatic rings. The van der Waals surface area contributed by atoms with Gasteiger partial charge in [-0.2, -0.15) is 0 Å². The molecule has 0 bridgehead atoms. The summed E-state index contributed by atoms with van der Waals surface area (Å²) in [5.41, 5.74) is 1.48. The number of amides is 3. The van der Waals surface area contributed by atoms with Crippen molar-refractivity contribution in [1.29, 1.82) is 0 Å². The molecule has 1 heterocycles. The van der Waals surface area contributed by atoms with Crippen molar-refractivity contribution in [3.63, 3.8) is 0 Å². The molecular weight excluding hydrogens is 358 g/mol. The molecule has 0 saturated carbocycles. The number of carbonyl (C=O) groups is 3. The Hall–Kier alpha value is -3.48. The number of nitrogens with zero attached hydrogens (tertiary/aromatic N) is 2. The van der Waals surface area contributed by atoms with Crippen LogP contribution in [-0.2, 0) is 9.59 Å². The SMILES string of the molecule is CCOc1ccc(N2C(=O)c3ccccc3[C@@H](C=NCC(=O)NC)C2=O)cc1. The number of aliphatic imine (C=N–C) groups is 1. The smallest absolute Gasteiger partial charge is 0.265 e. The van der Waals surface area contributed by atoms with Gasteiger partial charge in [0.2, 0.25) is 11.8 Å². The fraction of sp³-hybridized carbons (Fsp3) is 0.238. The number of hydrogen-bond donors (Lipinski definition) is 1. The van der Waals surface area contributed by atoms with Gasteiger partial charge < -0.3 is 10.1 Å². The van der Waals surface area contributed by atoms with E-state index in [0.717, 1.165) is 4.90 Å². The quantitative estimate of drug-likeness (QED) is 0.615. The van der Waals surface area contributed by atoms with Crippen LogP contribution in [0.3, 0.4) is 0 Å². The zero-order chi connectivity index (χ0) is 20.1. The van der Waals surface area contributed by atoms with Crippen molar-refractivity contribution in [3.05, 3.63) is 59.7 Å². The number of likely N-dealkylation sites (N-methyl/N-ethyl adjacent to an activating group) is 1. The van der Waals surface area contributed by atoms with Crippen LogP contribution in [0.4, 0.5) is 5.69 Å². The normalized spacial score (nSPS) is 16.2. The number of nitrogens with one attached hydrogen (secondary N) is 1. The molecule has 1 aliphatic rings. The predicted octanol–water partition coefficient (Wildman–Crippen LogP) is 2.17. The number of rotatable bonds is 6. The maximum absolute atomic E-state index is 13.1. The van der Waals surface area contributed by atoms with E-state index >= 15 is 0 Å². The average molecular weight is 379 g/mol. The van der Waals surface area contributed by atoms with E-state index in [1.807, 2.05) is 6.92 Å². The van der Waals surface area contributed by atoms with Crippen LogP contribution in [0.15, 0.2) is 53.5 Å². The van der Waals surface area contributed by atoms with Crippen LogP contribution in [0, 0.1) is 0 Å². The second-order valence-electron chi connectivity index (χ2n) is 6.13. The summed E-state index contributed by atoms with van der Waals surface area (Å²) in [6, 6.07) is 13.7. The molecule has 0 spiro atoms. The van der Waals surface area contributed by atoms with E-state index < -0.39 is 11.8 Å². The largest absolute Gasteiger partial charge is 0.494 e. The second-order valence-corrected chi connectivity index (χ2v) is 6.13. The highest BCUT2D eigenvalue weighted by molar-refractivity contribution is 6.29. The molecule has 3 amide bonds. The van der Waals surface area contributed by atoms with Crippen LogP contribution < -0.4 is 15.0 Å². The fourth-order valence-corrected chi connectivity index (χ4v) is 3.02. The summed E-state index contributed by atoms with van der Waals surface area (Å²) in [5.74, 6) is -1.14. The Morgan fingerprint density at radius 3 is 2.57 bits per heavy atom. The van der Waals surface area contributed by atoms with Crippen LogP contribution in [0.5, 0.6) is 5.75 Å². The van der Waals surface area contributed by atoms with Crippen LogP contribution in [0.2, 0.25) is 0 Å². The van der Waals surface area contributed by atoms with Crippen LogP contribution in [0.1, 0.15) is 28.8 Å². The highest BCUT2D eigenvalue weighted by Crippen LogP contribution is 2.32. The van der Waals surface area contributed by atoms with E-state index in [2.05, 4.69) is 10.3 Å². The van der Waals surface area contributed by atoms with E-state index in [0.29, 0.717) is 29.2 Å². The zero-order valence-electron chi connectivity index (χ0n) is 15.7. The number of imide groups is 1. The first-order valence-electron chi connectivity index (χ1n) is 8.97. The van der Waals surface area contributed by atoms with Gasteiger partial charge in [-0.15, -0.1) is 0 Å². The molecule has 28 heavy (non-hydrogen) atoms. The van der Waals surface area contributed by atoms with Gasteiger partial charge in [-0.1, -0.05) is 18.2 Å². The van der Waals surface area contributed by atoms with E-state index in [1.54, 1.807) is 48.5 Å². The van der Waals surface area contributed by atoms with Crippen molar-refractivity contribution in [2.24, 2.45) is 4.99 Å². The Labute approximate surface area is 163 Å². The van der Waals surface area contributed by atoms with Gasteiger partial charge in [0.15, 0.2) is 0 Å². The van der Waals surface area contributed by atoms with Crippen molar-refractivity contribution in [3.8, 4) is 5.75 Å². The van der Waals surface area contributed by atoms with Crippen molar-refractivity contribution in [2.75, 3.05) is 25.1 Å². The van der Waals surface area contributed by atoms with Gasteiger partial charge in [0, 0.05) is 18.8 Å². The lowest BCUT2D eigenvalue weighted by Crippen LogP contribution is -2.45. The van der Waals surface area contributed by atoms with Crippen LogP contribution >= 0.6 is 0 Å². The van der Waals surface area contributed by atoms with Gasteiger partial charge in [-0.05, 0) is 42.8 Å². The molecule has 1 atom stereocenters. The maximum atomic E-state index is 13.1. The standard InChI is InChI=1S/C21H21N3O4/c1-3-28-15-10-8-14(9-11-15)24-20(26)17-7-5-4-6-16(17)18(21(24)27)12-23-13-19(25)22-2/h4-12,18H,3,13H2,1-2H3,(H,22,25)/t18-/m1/s1. The van der Waals surface area contributed by atoms with Gasteiger partial charge in [-0.25, -0.2) is 4.90 Å². The highest BCUT2D eigenvalue weighted by atomic mass is 16.5. The zero-order valence-corrected chi connectivity index (χ0v) is 15.7. The molecule has 0 radical (unpaired) electrons. The Balaban J connectivity index is 1.97. The van der Waals surface area contributed by atoms with Gasteiger partial charge in [0.05, 0.1) is 18.2 Å². The topological polar surface area (TPSA) is 88.1 Å². The molecule has 0 aromatic heterocycles. The average Bonchev–Trinajstić information content (AvgIpc) is 2.72. The van der Waals surface area contributed by atoms with E-state index in [4.69, 9.17) is 4.74 Å². The van der Waals surface area contributed by atoms with E-state index in [-0.39, 0.29) is 18.4 Å². The fourth-order valence-electron chi connectivity index (χ4n) is 3.02. The maximum Gasteiger partial charge on any atom is 0.265 e. The number of anilines is 1. The summed E-state index contributed by atoms with van der Waals surface area (Å²) in [5, 5.41) is 2.48. The Morgan fingerprint density at radius 2 is 1.89 bits per heavy atom. The molecule has 0 saturated heterocycles. The number of benzene rings is 2. The van der Waals surface area contributed by atoms with Crippen molar-refractivity contribution in [2.45, 2.75) is 12.8 Å². The minimum absolute atomic E-state index is 0.0839. The molecule has 1 aliphatic heterocycles. The minimum atomic E-state index is -0.745. The molecule has 0 aliphatic carbocycles. The monoisotopic (exact) mass is 379 g/mol. The third kappa shape index (κ3) is 3.78. The van der Waals surface area contributed by atoms with Gasteiger partial charge in [0.1, 0.15) is 12.3 Å². The van der Waals surface area contributed by atoms with Gasteiger partial charge in [0.25, 0.3) is 5.91 Å². The summed E-state index contributed by atoms with van der Waals surface area (Å²) < 4.78 is 5.42.